The summed E-state index contributed by atoms with van der Waals surface area (Å²) >= 11 is 0. The van der Waals surface area contributed by atoms with Crippen LogP contribution in [0, 0.1) is 10.1 Å². The Hall–Kier alpha value is -1.96. The molecule has 1 aromatic heterocycles. The highest BCUT2D eigenvalue weighted by Gasteiger charge is 2.25. The Kier molecular flexibility index (Phi) is 4.10. The molecule has 1 saturated heterocycles. The van der Waals surface area contributed by atoms with Crippen molar-refractivity contribution in [2.75, 3.05) is 37.5 Å². The summed E-state index contributed by atoms with van der Waals surface area (Å²) in [4.78, 5) is 20.2. The fourth-order valence-electron chi connectivity index (χ4n) is 2.01. The van der Waals surface area contributed by atoms with Crippen LogP contribution in [0.25, 0.3) is 0 Å². The molecule has 1 unspecified atom stereocenters. The zero-order valence-electron chi connectivity index (χ0n) is 11.0. The standard InChI is InChI=1S/C11H17N5O3/c1-15(2)11-9(16(17)18)10(13-7-14-11)12-6-8-4-3-5-19-8/h7-8H,3-6H2,1-2H3,(H,12,13,14). The van der Waals surface area contributed by atoms with Crippen LogP contribution >= 0.6 is 0 Å². The molecule has 1 aliphatic heterocycles. The lowest BCUT2D eigenvalue weighted by Gasteiger charge is -2.15. The van der Waals surface area contributed by atoms with Gasteiger partial charge in [-0.15, -0.1) is 0 Å². The topological polar surface area (TPSA) is 93.4 Å². The second-order valence-corrected chi connectivity index (χ2v) is 4.56. The SMILES string of the molecule is CN(C)c1ncnc(NCC2CCCO2)c1[N+](=O)[O-]. The lowest BCUT2D eigenvalue weighted by molar-refractivity contribution is -0.383. The first kappa shape index (κ1) is 13.5. The second kappa shape index (κ2) is 5.79. The average Bonchev–Trinajstić information content (AvgIpc) is 2.88. The fourth-order valence-corrected chi connectivity index (χ4v) is 2.01. The van der Waals surface area contributed by atoms with E-state index in [0.717, 1.165) is 19.4 Å². The first-order valence-corrected chi connectivity index (χ1v) is 6.11. The quantitative estimate of drug-likeness (QED) is 0.629. The lowest BCUT2D eigenvalue weighted by Crippen LogP contribution is -2.21. The Balaban J connectivity index is 2.18. The van der Waals surface area contributed by atoms with Crippen LogP contribution in [0.5, 0.6) is 0 Å². The molecule has 8 nitrogen and oxygen atoms in total. The summed E-state index contributed by atoms with van der Waals surface area (Å²) in [5.74, 6) is 0.522. The minimum Gasteiger partial charge on any atom is -0.376 e. The molecule has 8 heteroatoms. The highest BCUT2D eigenvalue weighted by Crippen LogP contribution is 2.30. The summed E-state index contributed by atoms with van der Waals surface area (Å²) in [6.07, 6.45) is 3.41. The fraction of sp³-hybridized carbons (Fsp3) is 0.636. The summed E-state index contributed by atoms with van der Waals surface area (Å²) in [7, 11) is 3.42. The third-order valence-corrected chi connectivity index (χ3v) is 2.93. The van der Waals surface area contributed by atoms with E-state index in [2.05, 4.69) is 15.3 Å². The molecule has 2 rings (SSSR count). The Morgan fingerprint density at radius 3 is 2.95 bits per heavy atom. The van der Waals surface area contributed by atoms with Crippen molar-refractivity contribution in [3.63, 3.8) is 0 Å². The van der Waals surface area contributed by atoms with Crippen molar-refractivity contribution in [3.8, 4) is 0 Å². The van der Waals surface area contributed by atoms with Crippen molar-refractivity contribution in [2.45, 2.75) is 18.9 Å². The molecule has 104 valence electrons. The van der Waals surface area contributed by atoms with Crippen LogP contribution in [0.2, 0.25) is 0 Å². The molecule has 1 N–H and O–H groups in total. The first-order chi connectivity index (χ1) is 9.09. The van der Waals surface area contributed by atoms with E-state index in [0.29, 0.717) is 6.54 Å². The second-order valence-electron chi connectivity index (χ2n) is 4.56. The van der Waals surface area contributed by atoms with E-state index in [9.17, 15) is 10.1 Å². The molecule has 1 fully saturated rings. The van der Waals surface area contributed by atoms with Crippen LogP contribution in [0.3, 0.4) is 0 Å². The molecular weight excluding hydrogens is 250 g/mol. The number of hydrogen-bond donors (Lipinski definition) is 1. The van der Waals surface area contributed by atoms with Crippen molar-refractivity contribution in [1.29, 1.82) is 0 Å². The van der Waals surface area contributed by atoms with E-state index in [1.165, 1.54) is 6.33 Å². The third-order valence-electron chi connectivity index (χ3n) is 2.93. The van der Waals surface area contributed by atoms with E-state index in [4.69, 9.17) is 4.74 Å². The molecule has 2 heterocycles. The number of rotatable bonds is 5. The molecule has 0 radical (unpaired) electrons. The van der Waals surface area contributed by atoms with Gasteiger partial charge < -0.3 is 15.0 Å². The predicted octanol–water partition coefficient (Wildman–Crippen LogP) is 1.04. The van der Waals surface area contributed by atoms with Gasteiger partial charge in [-0.05, 0) is 12.8 Å². The zero-order valence-corrected chi connectivity index (χ0v) is 11.0. The Bertz CT molecular complexity index is 460. The van der Waals surface area contributed by atoms with Gasteiger partial charge in [0.05, 0.1) is 11.0 Å². The largest absolute Gasteiger partial charge is 0.376 e. The van der Waals surface area contributed by atoms with Crippen molar-refractivity contribution in [1.82, 2.24) is 9.97 Å². The lowest BCUT2D eigenvalue weighted by atomic mass is 10.2. The van der Waals surface area contributed by atoms with Crippen LogP contribution in [-0.4, -0.2) is 48.2 Å². The summed E-state index contributed by atoms with van der Waals surface area (Å²) in [6, 6.07) is 0. The summed E-state index contributed by atoms with van der Waals surface area (Å²) in [5.41, 5.74) is -0.106. The maximum Gasteiger partial charge on any atom is 0.353 e. The van der Waals surface area contributed by atoms with Crippen molar-refractivity contribution in [3.05, 3.63) is 16.4 Å². The number of anilines is 2. The Labute approximate surface area is 110 Å². The van der Waals surface area contributed by atoms with Gasteiger partial charge in [0.15, 0.2) is 0 Å². The molecule has 1 aliphatic rings. The van der Waals surface area contributed by atoms with Crippen molar-refractivity contribution < 1.29 is 9.66 Å². The molecular formula is C11H17N5O3. The van der Waals surface area contributed by atoms with Crippen LogP contribution in [0.1, 0.15) is 12.8 Å². The van der Waals surface area contributed by atoms with E-state index in [-0.39, 0.29) is 23.4 Å². The molecule has 0 aliphatic carbocycles. The van der Waals surface area contributed by atoms with Gasteiger partial charge in [0.1, 0.15) is 6.33 Å². The number of nitrogens with one attached hydrogen (secondary N) is 1. The van der Waals surface area contributed by atoms with Crippen LogP contribution in [0.15, 0.2) is 6.33 Å². The highest BCUT2D eigenvalue weighted by atomic mass is 16.6. The van der Waals surface area contributed by atoms with Gasteiger partial charge in [-0.3, -0.25) is 10.1 Å². The summed E-state index contributed by atoms with van der Waals surface area (Å²) in [6.45, 7) is 1.27. The molecule has 0 spiro atoms. The normalized spacial score (nSPS) is 18.3. The third kappa shape index (κ3) is 3.08. The minimum absolute atomic E-state index is 0.0948. The number of hydrogen-bond acceptors (Lipinski definition) is 7. The number of nitrogens with zero attached hydrogens (tertiary/aromatic N) is 4. The molecule has 0 bridgehead atoms. The van der Waals surface area contributed by atoms with Gasteiger partial charge >= 0.3 is 5.69 Å². The van der Waals surface area contributed by atoms with E-state index in [1.54, 1.807) is 19.0 Å². The van der Waals surface area contributed by atoms with Gasteiger partial charge in [0.25, 0.3) is 0 Å². The average molecular weight is 267 g/mol. The molecule has 0 saturated carbocycles. The zero-order chi connectivity index (χ0) is 13.8. The van der Waals surface area contributed by atoms with Gasteiger partial charge in [-0.25, -0.2) is 9.97 Å². The van der Waals surface area contributed by atoms with Crippen LogP contribution in [0.4, 0.5) is 17.3 Å². The Morgan fingerprint density at radius 2 is 2.37 bits per heavy atom. The maximum absolute atomic E-state index is 11.2. The van der Waals surface area contributed by atoms with Gasteiger partial charge in [0, 0.05) is 27.2 Å². The van der Waals surface area contributed by atoms with E-state index in [1.807, 2.05) is 0 Å². The molecule has 1 atom stereocenters. The summed E-state index contributed by atoms with van der Waals surface area (Å²) < 4.78 is 5.47. The molecule has 19 heavy (non-hydrogen) atoms. The number of ether oxygens (including phenoxy) is 1. The maximum atomic E-state index is 11.2. The van der Waals surface area contributed by atoms with E-state index >= 15 is 0 Å². The van der Waals surface area contributed by atoms with Crippen molar-refractivity contribution in [2.24, 2.45) is 0 Å². The monoisotopic (exact) mass is 267 g/mol. The Morgan fingerprint density at radius 1 is 1.58 bits per heavy atom. The minimum atomic E-state index is -0.465. The number of aromatic nitrogens is 2. The van der Waals surface area contributed by atoms with E-state index < -0.39 is 4.92 Å². The van der Waals surface area contributed by atoms with Crippen molar-refractivity contribution >= 4 is 17.3 Å². The summed E-state index contributed by atoms with van der Waals surface area (Å²) in [5, 5.41) is 14.2. The highest BCUT2D eigenvalue weighted by molar-refractivity contribution is 5.69. The van der Waals surface area contributed by atoms with Crippen LogP contribution < -0.4 is 10.2 Å². The smallest absolute Gasteiger partial charge is 0.353 e. The van der Waals surface area contributed by atoms with Gasteiger partial charge in [0.2, 0.25) is 11.6 Å². The van der Waals surface area contributed by atoms with Gasteiger partial charge in [-0.2, -0.15) is 0 Å². The van der Waals surface area contributed by atoms with Gasteiger partial charge in [-0.1, -0.05) is 0 Å². The predicted molar refractivity (Wildman–Crippen MR) is 70.5 cm³/mol. The molecule has 0 aromatic carbocycles. The molecule has 1 aromatic rings. The molecule has 0 amide bonds. The number of nitro groups is 1. The first-order valence-electron chi connectivity index (χ1n) is 6.11. The van der Waals surface area contributed by atoms with Crippen LogP contribution in [-0.2, 0) is 4.74 Å².